The van der Waals surface area contributed by atoms with Gasteiger partial charge < -0.3 is 0 Å². The molecule has 5 nitrogen and oxygen atoms in total. The third-order valence-corrected chi connectivity index (χ3v) is 4.91. The Hall–Kier alpha value is -1.99. The number of hydrogen-bond acceptors (Lipinski definition) is 7. The van der Waals surface area contributed by atoms with E-state index < -0.39 is 0 Å². The molecule has 0 aliphatic rings. The summed E-state index contributed by atoms with van der Waals surface area (Å²) >= 11 is 3.24. The molecule has 24 heavy (non-hydrogen) atoms. The maximum atomic E-state index is 4.70. The second-order valence-electron chi connectivity index (χ2n) is 5.18. The van der Waals surface area contributed by atoms with Gasteiger partial charge >= 0.3 is 0 Å². The molecule has 0 aliphatic carbocycles. The van der Waals surface area contributed by atoms with Crippen molar-refractivity contribution in [2.24, 2.45) is 0 Å². The van der Waals surface area contributed by atoms with E-state index in [-0.39, 0.29) is 0 Å². The number of aromatic nitrogens is 5. The molecule has 0 spiro atoms. The monoisotopic (exact) mass is 355 g/mol. The fraction of sp³-hybridized carbons (Fsp3) is 0.235. The maximum Gasteiger partial charge on any atom is 0.188 e. The number of nitrogens with zero attached hydrogens (tertiary/aromatic N) is 5. The van der Waals surface area contributed by atoms with Gasteiger partial charge in [-0.25, -0.2) is 15.0 Å². The lowest BCUT2D eigenvalue weighted by Crippen LogP contribution is -1.95. The molecule has 0 atom stereocenters. The van der Waals surface area contributed by atoms with E-state index in [0.717, 1.165) is 44.5 Å². The van der Waals surface area contributed by atoms with Gasteiger partial charge in [0.15, 0.2) is 5.16 Å². The molecule has 7 heteroatoms. The van der Waals surface area contributed by atoms with E-state index in [1.807, 2.05) is 38.1 Å². The van der Waals surface area contributed by atoms with Gasteiger partial charge in [-0.05, 0) is 32.0 Å². The minimum absolute atomic E-state index is 0.756. The van der Waals surface area contributed by atoms with E-state index >= 15 is 0 Å². The highest BCUT2D eigenvalue weighted by Gasteiger charge is 2.04. The van der Waals surface area contributed by atoms with Gasteiger partial charge in [-0.2, -0.15) is 0 Å². The van der Waals surface area contributed by atoms with Crippen LogP contribution in [0, 0.1) is 13.8 Å². The first kappa shape index (κ1) is 16.9. The third-order valence-electron chi connectivity index (χ3n) is 3.09. The van der Waals surface area contributed by atoms with Crippen molar-refractivity contribution in [3.63, 3.8) is 0 Å². The Bertz CT molecular complexity index is 761. The molecule has 0 N–H and O–H groups in total. The lowest BCUT2D eigenvalue weighted by molar-refractivity contribution is 0.930. The summed E-state index contributed by atoms with van der Waals surface area (Å²) in [6, 6.07) is 8.00. The van der Waals surface area contributed by atoms with Gasteiger partial charge in [-0.1, -0.05) is 29.6 Å². The molecule has 0 aliphatic heterocycles. The standard InChI is InChI=1S/C17H17N5S2/c1-12-6-7-19-17(21-12)24-11-15-5-3-4-14(22-15)10-23-16-9-18-8-13(2)20-16/h3-9H,10-11H2,1-2H3. The van der Waals surface area contributed by atoms with E-state index in [2.05, 4.69) is 19.9 Å². The molecule has 0 radical (unpaired) electrons. The summed E-state index contributed by atoms with van der Waals surface area (Å²) < 4.78 is 0. The van der Waals surface area contributed by atoms with Crippen LogP contribution >= 0.6 is 23.5 Å². The van der Waals surface area contributed by atoms with E-state index in [0.29, 0.717) is 0 Å². The maximum absolute atomic E-state index is 4.70. The minimum Gasteiger partial charge on any atom is -0.260 e. The molecule has 3 aromatic heterocycles. The summed E-state index contributed by atoms with van der Waals surface area (Å²) in [5.41, 5.74) is 3.96. The zero-order valence-corrected chi connectivity index (χ0v) is 15.1. The van der Waals surface area contributed by atoms with Crippen LogP contribution in [0.15, 0.2) is 53.0 Å². The zero-order chi connectivity index (χ0) is 16.8. The highest BCUT2D eigenvalue weighted by Crippen LogP contribution is 2.21. The predicted molar refractivity (Wildman–Crippen MR) is 96.9 cm³/mol. The van der Waals surface area contributed by atoms with Crippen LogP contribution in [0.2, 0.25) is 0 Å². The molecule has 0 amide bonds. The van der Waals surface area contributed by atoms with Gasteiger partial charge in [0, 0.05) is 29.6 Å². The normalized spacial score (nSPS) is 10.8. The zero-order valence-electron chi connectivity index (χ0n) is 13.5. The number of rotatable bonds is 6. The highest BCUT2D eigenvalue weighted by atomic mass is 32.2. The molecular weight excluding hydrogens is 338 g/mol. The summed E-state index contributed by atoms with van der Waals surface area (Å²) in [6.07, 6.45) is 5.33. The van der Waals surface area contributed by atoms with Crippen molar-refractivity contribution in [3.8, 4) is 0 Å². The predicted octanol–water partition coefficient (Wildman–Crippen LogP) is 3.86. The number of hydrogen-bond donors (Lipinski definition) is 0. The minimum atomic E-state index is 0.756. The molecular formula is C17H17N5S2. The molecule has 0 fully saturated rings. The Morgan fingerprint density at radius 1 is 0.833 bits per heavy atom. The van der Waals surface area contributed by atoms with Crippen molar-refractivity contribution in [2.45, 2.75) is 35.5 Å². The van der Waals surface area contributed by atoms with Crippen molar-refractivity contribution < 1.29 is 0 Å². The molecule has 0 saturated heterocycles. The first-order valence-corrected chi connectivity index (χ1v) is 9.45. The summed E-state index contributed by atoms with van der Waals surface area (Å²) in [5.74, 6) is 1.53. The second kappa shape index (κ2) is 8.21. The number of aryl methyl sites for hydroxylation is 2. The topological polar surface area (TPSA) is 64.5 Å². The Balaban J connectivity index is 1.59. The summed E-state index contributed by atoms with van der Waals surface area (Å²) in [6.45, 7) is 3.91. The first-order valence-electron chi connectivity index (χ1n) is 7.48. The van der Waals surface area contributed by atoms with Crippen molar-refractivity contribution in [1.29, 1.82) is 0 Å². The van der Waals surface area contributed by atoms with Crippen LogP contribution in [0.25, 0.3) is 0 Å². The van der Waals surface area contributed by atoms with Crippen molar-refractivity contribution >= 4 is 23.5 Å². The van der Waals surface area contributed by atoms with Crippen LogP contribution in [0.4, 0.5) is 0 Å². The summed E-state index contributed by atoms with van der Waals surface area (Å²) in [7, 11) is 0. The number of thioether (sulfide) groups is 2. The Kier molecular flexibility index (Phi) is 5.77. The van der Waals surface area contributed by atoms with Crippen LogP contribution in [-0.2, 0) is 11.5 Å². The molecule has 0 bridgehead atoms. The van der Waals surface area contributed by atoms with Gasteiger partial charge in [0.05, 0.1) is 23.3 Å². The van der Waals surface area contributed by atoms with Crippen molar-refractivity contribution in [1.82, 2.24) is 24.9 Å². The smallest absolute Gasteiger partial charge is 0.188 e. The summed E-state index contributed by atoms with van der Waals surface area (Å²) in [5, 5.41) is 1.70. The van der Waals surface area contributed by atoms with Crippen molar-refractivity contribution in [3.05, 3.63) is 65.6 Å². The van der Waals surface area contributed by atoms with Gasteiger partial charge in [0.2, 0.25) is 0 Å². The third kappa shape index (κ3) is 5.01. The SMILES string of the molecule is Cc1cncc(SCc2cccc(CSc3nccc(C)n3)n2)n1. The average Bonchev–Trinajstić information content (AvgIpc) is 2.59. The molecule has 3 rings (SSSR count). The molecule has 3 heterocycles. The molecule has 0 saturated carbocycles. The second-order valence-corrected chi connectivity index (χ2v) is 7.12. The van der Waals surface area contributed by atoms with E-state index in [1.54, 1.807) is 42.1 Å². The number of pyridine rings is 1. The molecule has 0 aromatic carbocycles. The quantitative estimate of drug-likeness (QED) is 0.491. The van der Waals surface area contributed by atoms with E-state index in [4.69, 9.17) is 4.98 Å². The summed E-state index contributed by atoms with van der Waals surface area (Å²) in [4.78, 5) is 22.0. The van der Waals surface area contributed by atoms with Crippen LogP contribution in [0.1, 0.15) is 22.8 Å². The van der Waals surface area contributed by atoms with Gasteiger partial charge in [-0.15, -0.1) is 0 Å². The molecule has 122 valence electrons. The Labute approximate surface area is 149 Å². The lowest BCUT2D eigenvalue weighted by atomic mass is 10.3. The molecule has 3 aromatic rings. The largest absolute Gasteiger partial charge is 0.260 e. The van der Waals surface area contributed by atoms with Crippen molar-refractivity contribution in [2.75, 3.05) is 0 Å². The highest BCUT2D eigenvalue weighted by molar-refractivity contribution is 7.98. The van der Waals surface area contributed by atoms with Crippen LogP contribution < -0.4 is 0 Å². The average molecular weight is 355 g/mol. The van der Waals surface area contributed by atoms with Crippen LogP contribution in [-0.4, -0.2) is 24.9 Å². The van der Waals surface area contributed by atoms with Crippen LogP contribution in [0.3, 0.4) is 0 Å². The fourth-order valence-electron chi connectivity index (χ4n) is 1.98. The van der Waals surface area contributed by atoms with Gasteiger partial charge in [-0.3, -0.25) is 9.97 Å². The van der Waals surface area contributed by atoms with Gasteiger partial charge in [0.1, 0.15) is 5.03 Å². The van der Waals surface area contributed by atoms with E-state index in [9.17, 15) is 0 Å². The van der Waals surface area contributed by atoms with Gasteiger partial charge in [0.25, 0.3) is 0 Å². The molecule has 0 unspecified atom stereocenters. The lowest BCUT2D eigenvalue weighted by Gasteiger charge is -2.05. The Morgan fingerprint density at radius 3 is 2.38 bits per heavy atom. The fourth-order valence-corrected chi connectivity index (χ4v) is 3.56. The van der Waals surface area contributed by atoms with E-state index in [1.165, 1.54) is 0 Å². The Morgan fingerprint density at radius 2 is 1.62 bits per heavy atom. The first-order chi connectivity index (χ1) is 11.7. The van der Waals surface area contributed by atoms with Crippen LogP contribution in [0.5, 0.6) is 0 Å².